The molecule has 2 fully saturated rings. The molecule has 1 saturated carbocycles. The van der Waals surface area contributed by atoms with Crippen molar-refractivity contribution in [2.24, 2.45) is 0 Å². The zero-order valence-corrected chi connectivity index (χ0v) is 13.4. The summed E-state index contributed by atoms with van der Waals surface area (Å²) in [7, 11) is 0. The van der Waals surface area contributed by atoms with Crippen molar-refractivity contribution in [1.82, 2.24) is 4.90 Å². The molecule has 3 rings (SSSR count). The van der Waals surface area contributed by atoms with Crippen molar-refractivity contribution in [2.45, 2.75) is 56.8 Å². The van der Waals surface area contributed by atoms with Gasteiger partial charge in [0.25, 0.3) is 0 Å². The smallest absolute Gasteiger partial charge is 0.129 e. The van der Waals surface area contributed by atoms with Gasteiger partial charge in [0.05, 0.1) is 18.3 Å². The van der Waals surface area contributed by atoms with Crippen LogP contribution in [0.25, 0.3) is 0 Å². The van der Waals surface area contributed by atoms with Crippen molar-refractivity contribution in [1.29, 1.82) is 0 Å². The molecule has 1 saturated heterocycles. The summed E-state index contributed by atoms with van der Waals surface area (Å²) in [5.41, 5.74) is 0.0364. The van der Waals surface area contributed by atoms with Gasteiger partial charge in [-0.25, -0.2) is 8.78 Å². The number of hydrogen-bond acceptors (Lipinski definition) is 3. The van der Waals surface area contributed by atoms with Crippen molar-refractivity contribution in [3.63, 3.8) is 0 Å². The molecule has 3 nitrogen and oxygen atoms in total. The van der Waals surface area contributed by atoms with Gasteiger partial charge in [0.2, 0.25) is 0 Å². The predicted molar refractivity (Wildman–Crippen MR) is 84.1 cm³/mol. The van der Waals surface area contributed by atoms with Gasteiger partial charge in [-0.1, -0.05) is 12.8 Å². The van der Waals surface area contributed by atoms with Gasteiger partial charge < -0.3 is 14.7 Å². The van der Waals surface area contributed by atoms with E-state index in [9.17, 15) is 13.9 Å². The second kappa shape index (κ2) is 7.69. The van der Waals surface area contributed by atoms with E-state index in [0.717, 1.165) is 44.1 Å². The molecule has 1 aliphatic carbocycles. The van der Waals surface area contributed by atoms with E-state index in [0.29, 0.717) is 18.8 Å². The van der Waals surface area contributed by atoms with E-state index in [1.54, 1.807) is 0 Å². The molecule has 128 valence electrons. The highest BCUT2D eigenvalue weighted by molar-refractivity contribution is 5.21. The Kier molecular flexibility index (Phi) is 5.62. The molecule has 1 aliphatic heterocycles. The van der Waals surface area contributed by atoms with Crippen LogP contribution in [0.1, 0.15) is 50.2 Å². The van der Waals surface area contributed by atoms with Crippen LogP contribution in [0.15, 0.2) is 18.2 Å². The zero-order valence-electron chi connectivity index (χ0n) is 13.4. The van der Waals surface area contributed by atoms with Crippen LogP contribution in [0.3, 0.4) is 0 Å². The highest BCUT2D eigenvalue weighted by atomic mass is 19.1. The van der Waals surface area contributed by atoms with E-state index in [1.807, 2.05) is 0 Å². The Balaban J connectivity index is 1.47. The van der Waals surface area contributed by atoms with Crippen LogP contribution in [-0.4, -0.2) is 41.8 Å². The average molecular weight is 325 g/mol. The Hall–Kier alpha value is -1.04. The maximum atomic E-state index is 13.7. The zero-order chi connectivity index (χ0) is 16.2. The van der Waals surface area contributed by atoms with Crippen molar-refractivity contribution < 1.29 is 18.6 Å². The number of piperidine rings is 1. The number of halogens is 2. The van der Waals surface area contributed by atoms with E-state index in [1.165, 1.54) is 25.7 Å². The summed E-state index contributed by atoms with van der Waals surface area (Å²) in [6.07, 6.45) is 6.51. The molecule has 1 heterocycles. The molecule has 2 aliphatic rings. The van der Waals surface area contributed by atoms with Crippen LogP contribution in [-0.2, 0) is 4.74 Å². The lowest BCUT2D eigenvalue weighted by Gasteiger charge is -2.34. The molecule has 0 amide bonds. The minimum absolute atomic E-state index is 0.0364. The van der Waals surface area contributed by atoms with Gasteiger partial charge in [-0.05, 0) is 43.9 Å². The summed E-state index contributed by atoms with van der Waals surface area (Å²) in [5, 5.41) is 10.2. The topological polar surface area (TPSA) is 32.7 Å². The van der Waals surface area contributed by atoms with Crippen LogP contribution in [0.2, 0.25) is 0 Å². The number of ether oxygens (including phenoxy) is 1. The number of nitrogens with zero attached hydrogens (tertiary/aromatic N) is 1. The molecular weight excluding hydrogens is 300 g/mol. The molecule has 0 radical (unpaired) electrons. The van der Waals surface area contributed by atoms with Gasteiger partial charge in [-0.2, -0.15) is 0 Å². The minimum Gasteiger partial charge on any atom is -0.387 e. The number of likely N-dealkylation sites (tertiary alicyclic amines) is 1. The van der Waals surface area contributed by atoms with Gasteiger partial charge in [0, 0.05) is 25.2 Å². The van der Waals surface area contributed by atoms with Gasteiger partial charge in [-0.15, -0.1) is 0 Å². The van der Waals surface area contributed by atoms with Crippen LogP contribution in [0, 0.1) is 11.6 Å². The number of aliphatic hydroxyl groups is 1. The highest BCUT2D eigenvalue weighted by Gasteiger charge is 2.26. The van der Waals surface area contributed by atoms with Crippen molar-refractivity contribution >= 4 is 0 Å². The van der Waals surface area contributed by atoms with Gasteiger partial charge >= 0.3 is 0 Å². The molecule has 0 spiro atoms. The molecule has 1 atom stereocenters. The predicted octanol–water partition coefficient (Wildman–Crippen LogP) is 3.42. The largest absolute Gasteiger partial charge is 0.387 e. The van der Waals surface area contributed by atoms with Crippen molar-refractivity contribution in [3.05, 3.63) is 35.4 Å². The number of aliphatic hydroxyl groups excluding tert-OH is 1. The van der Waals surface area contributed by atoms with E-state index >= 15 is 0 Å². The Labute approximate surface area is 136 Å². The fourth-order valence-electron chi connectivity index (χ4n) is 3.64. The fourth-order valence-corrected chi connectivity index (χ4v) is 3.64. The quantitative estimate of drug-likeness (QED) is 0.900. The lowest BCUT2D eigenvalue weighted by atomic mass is 10.0. The summed E-state index contributed by atoms with van der Waals surface area (Å²) in [6, 6.07) is 3.21. The van der Waals surface area contributed by atoms with Crippen LogP contribution >= 0.6 is 0 Å². The Morgan fingerprint density at radius 3 is 2.43 bits per heavy atom. The first-order valence-corrected chi connectivity index (χ1v) is 8.62. The highest BCUT2D eigenvalue weighted by Crippen LogP contribution is 2.26. The molecular formula is C18H25F2NO2. The standard InChI is InChI=1S/C18H25F2NO2/c19-13-5-6-17(20)16(11-13)18(22)12-21-9-7-15(8-10-21)23-14-3-1-2-4-14/h5-6,11,14-15,18,22H,1-4,7-10,12H2. The summed E-state index contributed by atoms with van der Waals surface area (Å²) in [4.78, 5) is 2.10. The Bertz CT molecular complexity index is 512. The lowest BCUT2D eigenvalue weighted by molar-refractivity contribution is -0.0437. The first-order valence-electron chi connectivity index (χ1n) is 8.62. The molecule has 23 heavy (non-hydrogen) atoms. The number of benzene rings is 1. The third-order valence-corrected chi connectivity index (χ3v) is 4.97. The molecule has 0 aromatic heterocycles. The third-order valence-electron chi connectivity index (χ3n) is 4.97. The first kappa shape index (κ1) is 16.8. The summed E-state index contributed by atoms with van der Waals surface area (Å²) < 4.78 is 33.0. The monoisotopic (exact) mass is 325 g/mol. The maximum absolute atomic E-state index is 13.7. The van der Waals surface area contributed by atoms with Crippen LogP contribution < -0.4 is 0 Å². The van der Waals surface area contributed by atoms with E-state index in [4.69, 9.17) is 4.74 Å². The van der Waals surface area contributed by atoms with Crippen LogP contribution in [0.5, 0.6) is 0 Å². The summed E-state index contributed by atoms with van der Waals surface area (Å²) >= 11 is 0. The molecule has 1 N–H and O–H groups in total. The normalized spacial score (nSPS) is 22.6. The van der Waals surface area contributed by atoms with Crippen LogP contribution in [0.4, 0.5) is 8.78 Å². The van der Waals surface area contributed by atoms with Gasteiger partial charge in [-0.3, -0.25) is 0 Å². The van der Waals surface area contributed by atoms with E-state index in [2.05, 4.69) is 4.90 Å². The van der Waals surface area contributed by atoms with Gasteiger partial charge in [0.15, 0.2) is 0 Å². The number of β-amino-alcohol motifs (C(OH)–C–C–N with tert-alkyl or cyclic N) is 1. The second-order valence-electron chi connectivity index (χ2n) is 6.72. The minimum atomic E-state index is -1.00. The third kappa shape index (κ3) is 4.49. The Morgan fingerprint density at radius 1 is 1.09 bits per heavy atom. The number of rotatable bonds is 5. The van der Waals surface area contributed by atoms with Crippen molar-refractivity contribution in [3.8, 4) is 0 Å². The molecule has 1 unspecified atom stereocenters. The second-order valence-corrected chi connectivity index (χ2v) is 6.72. The Morgan fingerprint density at radius 2 is 1.74 bits per heavy atom. The molecule has 5 heteroatoms. The van der Waals surface area contributed by atoms with Crippen molar-refractivity contribution in [2.75, 3.05) is 19.6 Å². The fraction of sp³-hybridized carbons (Fsp3) is 0.667. The SMILES string of the molecule is OC(CN1CCC(OC2CCCC2)CC1)c1cc(F)ccc1F. The molecule has 1 aromatic rings. The average Bonchev–Trinajstić information content (AvgIpc) is 3.04. The molecule has 1 aromatic carbocycles. The van der Waals surface area contributed by atoms with E-state index < -0.39 is 17.7 Å². The number of hydrogen-bond donors (Lipinski definition) is 1. The van der Waals surface area contributed by atoms with Gasteiger partial charge in [0.1, 0.15) is 11.6 Å². The first-order chi connectivity index (χ1) is 11.1. The maximum Gasteiger partial charge on any atom is 0.129 e. The summed E-state index contributed by atoms with van der Waals surface area (Å²) in [6.45, 7) is 1.98. The summed E-state index contributed by atoms with van der Waals surface area (Å²) in [5.74, 6) is -1.08. The van der Waals surface area contributed by atoms with E-state index in [-0.39, 0.29) is 5.56 Å². The lowest BCUT2D eigenvalue weighted by Crippen LogP contribution is -2.40. The molecule has 0 bridgehead atoms.